The molecule has 2 atom stereocenters. The fourth-order valence-electron chi connectivity index (χ4n) is 6.49. The van der Waals surface area contributed by atoms with Crippen LogP contribution in [-0.2, 0) is 9.59 Å². The van der Waals surface area contributed by atoms with E-state index in [0.29, 0.717) is 23.8 Å². The Morgan fingerprint density at radius 2 is 1.68 bits per heavy atom. The highest BCUT2D eigenvalue weighted by Crippen LogP contribution is 2.69. The van der Waals surface area contributed by atoms with E-state index in [9.17, 15) is 9.59 Å². The molecule has 4 heteroatoms. The summed E-state index contributed by atoms with van der Waals surface area (Å²) in [5.74, 6) is 0.210. The summed E-state index contributed by atoms with van der Waals surface area (Å²) in [7, 11) is 0. The molecular weight excluding hydrogens is 278 g/mol. The average Bonchev–Trinajstić information content (AvgIpc) is 2.33. The van der Waals surface area contributed by atoms with Gasteiger partial charge in [-0.1, -0.05) is 13.8 Å². The Kier molecular flexibility index (Phi) is 3.77. The van der Waals surface area contributed by atoms with Gasteiger partial charge in [0.15, 0.2) is 0 Å². The van der Waals surface area contributed by atoms with Gasteiger partial charge in [0.05, 0.1) is 5.41 Å². The number of carbonyl (C=O) groups is 2. The Hall–Kier alpha value is -1.06. The summed E-state index contributed by atoms with van der Waals surface area (Å²) in [6, 6.07) is 0. The van der Waals surface area contributed by atoms with Crippen molar-refractivity contribution in [3.8, 4) is 0 Å². The fourth-order valence-corrected chi connectivity index (χ4v) is 6.49. The van der Waals surface area contributed by atoms with Gasteiger partial charge >= 0.3 is 5.97 Å². The number of hydrogen-bond acceptors (Lipinski definition) is 2. The molecule has 0 aliphatic heterocycles. The Morgan fingerprint density at radius 3 is 2.23 bits per heavy atom. The Labute approximate surface area is 133 Å². The molecule has 0 aromatic rings. The van der Waals surface area contributed by atoms with E-state index < -0.39 is 5.97 Å². The molecule has 4 aliphatic rings. The van der Waals surface area contributed by atoms with Gasteiger partial charge in [-0.05, 0) is 68.1 Å². The van der Waals surface area contributed by atoms with Gasteiger partial charge in [-0.2, -0.15) is 0 Å². The first-order valence-electron chi connectivity index (χ1n) is 8.75. The Morgan fingerprint density at radius 1 is 1.05 bits per heavy atom. The van der Waals surface area contributed by atoms with E-state index in [1.807, 2.05) is 0 Å². The van der Waals surface area contributed by atoms with E-state index in [1.54, 1.807) is 0 Å². The maximum atomic E-state index is 12.9. The molecular formula is C18H29NO3. The minimum Gasteiger partial charge on any atom is -0.481 e. The summed E-state index contributed by atoms with van der Waals surface area (Å²) in [5.41, 5.74) is 0.569. The molecule has 4 bridgehead atoms. The van der Waals surface area contributed by atoms with Crippen molar-refractivity contribution < 1.29 is 14.7 Å². The number of nitrogens with one attached hydrogen (secondary N) is 1. The highest BCUT2D eigenvalue weighted by molar-refractivity contribution is 5.83. The molecule has 2 N–H and O–H groups in total. The number of unbranched alkanes of at least 4 members (excludes halogenated alkanes) is 1. The summed E-state index contributed by atoms with van der Waals surface area (Å²) in [5, 5.41) is 11.8. The first kappa shape index (κ1) is 15.8. The van der Waals surface area contributed by atoms with E-state index >= 15 is 0 Å². The van der Waals surface area contributed by atoms with Gasteiger partial charge in [0.25, 0.3) is 0 Å². The average molecular weight is 307 g/mol. The van der Waals surface area contributed by atoms with E-state index in [4.69, 9.17) is 5.11 Å². The second kappa shape index (κ2) is 5.24. The topological polar surface area (TPSA) is 66.4 Å². The smallest absolute Gasteiger partial charge is 0.303 e. The molecule has 4 aliphatic carbocycles. The van der Waals surface area contributed by atoms with E-state index in [1.165, 1.54) is 19.3 Å². The largest absolute Gasteiger partial charge is 0.481 e. The fraction of sp³-hybridized carbons (Fsp3) is 0.889. The van der Waals surface area contributed by atoms with Crippen molar-refractivity contribution in [2.75, 3.05) is 6.54 Å². The van der Waals surface area contributed by atoms with Crippen LogP contribution in [0.2, 0.25) is 0 Å². The monoisotopic (exact) mass is 307 g/mol. The van der Waals surface area contributed by atoms with Crippen molar-refractivity contribution in [3.63, 3.8) is 0 Å². The van der Waals surface area contributed by atoms with Gasteiger partial charge in [0.1, 0.15) is 0 Å². The molecule has 0 saturated heterocycles. The quantitative estimate of drug-likeness (QED) is 0.739. The lowest BCUT2D eigenvalue weighted by atomic mass is 9.40. The third-order valence-electron chi connectivity index (χ3n) is 6.21. The van der Waals surface area contributed by atoms with Gasteiger partial charge in [-0.15, -0.1) is 0 Å². The van der Waals surface area contributed by atoms with Crippen LogP contribution in [-0.4, -0.2) is 23.5 Å². The molecule has 4 rings (SSSR count). The van der Waals surface area contributed by atoms with Crippen LogP contribution in [0.1, 0.15) is 71.6 Å². The molecule has 0 radical (unpaired) electrons. The standard InChI is InChI=1S/C18H29NO3/c1-16-7-13-8-17(2,10-16)12-18(9-13,11-16)15(22)19-6-4-3-5-14(20)21/h13H,3-12H2,1-2H3,(H,19,22)(H,20,21). The number of carboxylic acid groups (broad SMARTS) is 1. The molecule has 0 aromatic carbocycles. The van der Waals surface area contributed by atoms with Crippen LogP contribution < -0.4 is 5.32 Å². The van der Waals surface area contributed by atoms with Crippen LogP contribution >= 0.6 is 0 Å². The van der Waals surface area contributed by atoms with Gasteiger partial charge in [0.2, 0.25) is 5.91 Å². The summed E-state index contributed by atoms with van der Waals surface area (Å²) in [6.07, 6.45) is 8.64. The summed E-state index contributed by atoms with van der Waals surface area (Å²) < 4.78 is 0. The second-order valence-corrected chi connectivity index (χ2v) is 9.02. The number of amides is 1. The van der Waals surface area contributed by atoms with Crippen molar-refractivity contribution in [1.29, 1.82) is 0 Å². The minimum absolute atomic E-state index is 0.143. The normalized spacial score (nSPS) is 42.4. The number of aliphatic carboxylic acids is 1. The molecule has 22 heavy (non-hydrogen) atoms. The summed E-state index contributed by atoms with van der Waals surface area (Å²) >= 11 is 0. The summed E-state index contributed by atoms with van der Waals surface area (Å²) in [4.78, 5) is 23.4. The van der Waals surface area contributed by atoms with Gasteiger partial charge in [-0.3, -0.25) is 9.59 Å². The predicted molar refractivity (Wildman–Crippen MR) is 84.3 cm³/mol. The highest BCUT2D eigenvalue weighted by Gasteiger charge is 2.62. The molecule has 0 spiro atoms. The van der Waals surface area contributed by atoms with E-state index in [2.05, 4.69) is 19.2 Å². The second-order valence-electron chi connectivity index (χ2n) is 9.02. The van der Waals surface area contributed by atoms with Crippen LogP contribution in [0.5, 0.6) is 0 Å². The van der Waals surface area contributed by atoms with Crippen LogP contribution in [0.25, 0.3) is 0 Å². The Balaban J connectivity index is 1.59. The molecule has 124 valence electrons. The van der Waals surface area contributed by atoms with Crippen LogP contribution in [0.4, 0.5) is 0 Å². The van der Waals surface area contributed by atoms with Gasteiger partial charge in [0, 0.05) is 13.0 Å². The number of hydrogen-bond donors (Lipinski definition) is 2. The molecule has 2 unspecified atom stereocenters. The number of rotatable bonds is 6. The van der Waals surface area contributed by atoms with Crippen molar-refractivity contribution in [2.45, 2.75) is 71.6 Å². The van der Waals surface area contributed by atoms with Crippen molar-refractivity contribution in [2.24, 2.45) is 22.2 Å². The zero-order chi connectivity index (χ0) is 16.0. The lowest BCUT2D eigenvalue weighted by Crippen LogP contribution is -2.59. The first-order chi connectivity index (χ1) is 10.2. The van der Waals surface area contributed by atoms with Crippen LogP contribution in [0.3, 0.4) is 0 Å². The molecule has 0 heterocycles. The first-order valence-corrected chi connectivity index (χ1v) is 8.75. The maximum Gasteiger partial charge on any atom is 0.303 e. The lowest BCUT2D eigenvalue weighted by molar-refractivity contribution is -0.170. The van der Waals surface area contributed by atoms with Crippen molar-refractivity contribution in [3.05, 3.63) is 0 Å². The van der Waals surface area contributed by atoms with E-state index in [-0.39, 0.29) is 17.7 Å². The molecule has 1 amide bonds. The van der Waals surface area contributed by atoms with Gasteiger partial charge in [-0.25, -0.2) is 0 Å². The van der Waals surface area contributed by atoms with E-state index in [0.717, 1.165) is 31.6 Å². The molecule has 4 nitrogen and oxygen atoms in total. The van der Waals surface area contributed by atoms with Gasteiger partial charge < -0.3 is 10.4 Å². The highest BCUT2D eigenvalue weighted by atomic mass is 16.4. The van der Waals surface area contributed by atoms with Crippen LogP contribution in [0, 0.1) is 22.2 Å². The maximum absolute atomic E-state index is 12.9. The van der Waals surface area contributed by atoms with Crippen molar-refractivity contribution >= 4 is 11.9 Å². The zero-order valence-corrected chi connectivity index (χ0v) is 13.9. The molecule has 4 fully saturated rings. The third-order valence-corrected chi connectivity index (χ3v) is 6.21. The minimum atomic E-state index is -0.756. The summed E-state index contributed by atoms with van der Waals surface area (Å²) in [6.45, 7) is 5.38. The number of carboxylic acids is 1. The lowest BCUT2D eigenvalue weighted by Gasteiger charge is -2.64. The third kappa shape index (κ3) is 2.89. The Bertz CT molecular complexity index is 469. The SMILES string of the molecule is CC12CC3CC(C)(C1)CC(C(=O)NCCCCC(=O)O)(C3)C2. The number of carbonyl (C=O) groups excluding carboxylic acids is 1. The molecule has 0 aromatic heterocycles. The molecule has 4 saturated carbocycles. The zero-order valence-electron chi connectivity index (χ0n) is 13.9. The van der Waals surface area contributed by atoms with Crippen LogP contribution in [0.15, 0.2) is 0 Å². The van der Waals surface area contributed by atoms with Crippen molar-refractivity contribution in [1.82, 2.24) is 5.32 Å². The predicted octanol–water partition coefficient (Wildman–Crippen LogP) is 3.35.